The molecule has 0 bridgehead atoms. The number of H-pyrrole nitrogens is 1. The monoisotopic (exact) mass is 487 g/mol. The van der Waals surface area contributed by atoms with Crippen molar-refractivity contribution in [3.63, 3.8) is 0 Å². The zero-order valence-electron chi connectivity index (χ0n) is 21.5. The van der Waals surface area contributed by atoms with Gasteiger partial charge in [0.2, 0.25) is 0 Å². The van der Waals surface area contributed by atoms with Crippen LogP contribution in [-0.2, 0) is 11.3 Å². The number of fused-ring (bicyclic) bond motifs is 1. The Kier molecular flexibility index (Phi) is 7.64. The van der Waals surface area contributed by atoms with Gasteiger partial charge in [-0.05, 0) is 43.0 Å². The number of benzene rings is 2. The number of hydrogen-bond donors (Lipinski definition) is 1. The number of hydrogen-bond acceptors (Lipinski definition) is 5. The topological polar surface area (TPSA) is 93.1 Å². The van der Waals surface area contributed by atoms with Crippen LogP contribution < -0.4 is 5.69 Å². The molecule has 0 fully saturated rings. The molecule has 0 aliphatic rings. The van der Waals surface area contributed by atoms with Gasteiger partial charge >= 0.3 is 5.69 Å². The second-order valence-electron chi connectivity index (χ2n) is 9.47. The van der Waals surface area contributed by atoms with Crippen molar-refractivity contribution in [1.29, 1.82) is 0 Å². The quantitative estimate of drug-likeness (QED) is 0.376. The molecular weight excluding hydrogens is 454 g/mol. The van der Waals surface area contributed by atoms with Crippen LogP contribution in [-0.4, -0.2) is 56.6 Å². The molecule has 4 rings (SSSR count). The molecule has 36 heavy (non-hydrogen) atoms. The highest BCUT2D eigenvalue weighted by molar-refractivity contribution is 5.94. The molecule has 0 unspecified atom stereocenters. The van der Waals surface area contributed by atoms with Crippen molar-refractivity contribution in [2.75, 3.05) is 20.3 Å². The van der Waals surface area contributed by atoms with E-state index in [1.807, 2.05) is 44.2 Å². The first-order chi connectivity index (χ1) is 17.3. The molecule has 2 aromatic carbocycles. The molecule has 0 saturated carbocycles. The smallest absolute Gasteiger partial charge is 0.328 e. The molecule has 0 saturated heterocycles. The summed E-state index contributed by atoms with van der Waals surface area (Å²) in [4.78, 5) is 39.7. The Morgan fingerprint density at radius 2 is 1.81 bits per heavy atom. The average molecular weight is 488 g/mol. The number of aromatic nitrogens is 4. The number of methoxy groups -OCH3 is 1. The largest absolute Gasteiger partial charge is 0.383 e. The van der Waals surface area contributed by atoms with Crippen molar-refractivity contribution >= 4 is 17.1 Å². The summed E-state index contributed by atoms with van der Waals surface area (Å²) in [5, 5.41) is 0. The van der Waals surface area contributed by atoms with Crippen molar-refractivity contribution in [3.8, 4) is 11.4 Å². The van der Waals surface area contributed by atoms with Crippen molar-refractivity contribution < 1.29 is 9.53 Å². The zero-order valence-corrected chi connectivity index (χ0v) is 21.5. The first-order valence-corrected chi connectivity index (χ1v) is 12.2. The first kappa shape index (κ1) is 25.3. The lowest BCUT2D eigenvalue weighted by molar-refractivity contribution is 0.0635. The Morgan fingerprint density at radius 1 is 1.08 bits per heavy atom. The Bertz CT molecular complexity index is 1400. The molecule has 0 radical (unpaired) electrons. The highest BCUT2D eigenvalue weighted by atomic mass is 16.5. The number of carbonyl (C=O) groups excluding carboxylic acids is 1. The molecule has 0 aliphatic carbocycles. The number of ether oxygens (including phenoxy) is 1. The Labute approximate surface area is 211 Å². The maximum atomic E-state index is 13.0. The number of imidazole rings is 1. The molecule has 1 N–H and O–H groups in total. The lowest BCUT2D eigenvalue weighted by atomic mass is 9.97. The van der Waals surface area contributed by atoms with Crippen LogP contribution in [0, 0.1) is 0 Å². The van der Waals surface area contributed by atoms with Crippen LogP contribution in [0.15, 0.2) is 59.5 Å². The maximum absolute atomic E-state index is 13.0. The normalized spacial score (nSPS) is 11.5. The van der Waals surface area contributed by atoms with Crippen LogP contribution in [0.3, 0.4) is 0 Å². The standard InChI is InChI=1S/C28H33N5O3/c1-18(2)22-8-6-7-9-23(22)25-29-16-24-26(31-25)33(28(35)30-24)17-20-10-12-21(13-11-20)27(34)32(19(3)4)14-15-36-5/h6-13,16,18-19H,14-15,17H2,1-5H3,(H,30,35). The van der Waals surface area contributed by atoms with Gasteiger partial charge in [0, 0.05) is 30.8 Å². The fourth-order valence-corrected chi connectivity index (χ4v) is 4.31. The molecule has 2 aromatic heterocycles. The predicted octanol–water partition coefficient (Wildman–Crippen LogP) is 4.46. The minimum Gasteiger partial charge on any atom is -0.383 e. The molecule has 0 spiro atoms. The van der Waals surface area contributed by atoms with E-state index in [1.54, 1.807) is 34.9 Å². The molecule has 1 amide bonds. The van der Waals surface area contributed by atoms with E-state index >= 15 is 0 Å². The molecule has 8 heteroatoms. The van der Waals surface area contributed by atoms with Gasteiger partial charge in [0.25, 0.3) is 5.91 Å². The molecule has 4 aromatic rings. The van der Waals surface area contributed by atoms with Crippen LogP contribution in [0.4, 0.5) is 0 Å². The van der Waals surface area contributed by atoms with Gasteiger partial charge < -0.3 is 14.6 Å². The van der Waals surface area contributed by atoms with E-state index in [-0.39, 0.29) is 17.6 Å². The Balaban J connectivity index is 1.63. The summed E-state index contributed by atoms with van der Waals surface area (Å²) in [5.74, 6) is 0.862. The SMILES string of the molecule is COCCN(C(=O)c1ccc(Cn2c(=O)[nH]c3cnc(-c4ccccc4C(C)C)nc32)cc1)C(C)C. The number of nitrogens with zero attached hydrogens (tertiary/aromatic N) is 4. The van der Waals surface area contributed by atoms with E-state index in [0.717, 1.165) is 16.7 Å². The van der Waals surface area contributed by atoms with Gasteiger partial charge in [-0.2, -0.15) is 0 Å². The number of carbonyl (C=O) groups is 1. The Hall–Kier alpha value is -3.78. The molecule has 0 aliphatic heterocycles. The van der Waals surface area contributed by atoms with Crippen LogP contribution >= 0.6 is 0 Å². The minimum atomic E-state index is -0.251. The summed E-state index contributed by atoms with van der Waals surface area (Å²) in [7, 11) is 1.63. The molecule has 188 valence electrons. The molecule has 2 heterocycles. The molecular formula is C28H33N5O3. The second-order valence-corrected chi connectivity index (χ2v) is 9.47. The molecule has 8 nitrogen and oxygen atoms in total. The summed E-state index contributed by atoms with van der Waals surface area (Å²) in [6.45, 7) is 9.58. The third kappa shape index (κ3) is 5.23. The lowest BCUT2D eigenvalue weighted by Crippen LogP contribution is -2.39. The van der Waals surface area contributed by atoms with Gasteiger partial charge in [-0.15, -0.1) is 0 Å². The van der Waals surface area contributed by atoms with Gasteiger partial charge in [-0.3, -0.25) is 9.36 Å². The fraction of sp³-hybridized carbons (Fsp3) is 0.357. The minimum absolute atomic E-state index is 0.0425. The third-order valence-electron chi connectivity index (χ3n) is 6.30. The van der Waals surface area contributed by atoms with E-state index in [0.29, 0.717) is 48.2 Å². The summed E-state index contributed by atoms with van der Waals surface area (Å²) >= 11 is 0. The average Bonchev–Trinajstić information content (AvgIpc) is 3.18. The van der Waals surface area contributed by atoms with E-state index in [9.17, 15) is 9.59 Å². The maximum Gasteiger partial charge on any atom is 0.328 e. The van der Waals surface area contributed by atoms with E-state index in [4.69, 9.17) is 9.72 Å². The Morgan fingerprint density at radius 3 is 2.47 bits per heavy atom. The van der Waals surface area contributed by atoms with Crippen molar-refractivity contribution in [2.24, 2.45) is 0 Å². The van der Waals surface area contributed by atoms with E-state index in [1.165, 1.54) is 0 Å². The number of amides is 1. The fourth-order valence-electron chi connectivity index (χ4n) is 4.31. The summed E-state index contributed by atoms with van der Waals surface area (Å²) < 4.78 is 6.75. The van der Waals surface area contributed by atoms with E-state index < -0.39 is 0 Å². The van der Waals surface area contributed by atoms with Crippen molar-refractivity contribution in [1.82, 2.24) is 24.4 Å². The van der Waals surface area contributed by atoms with Gasteiger partial charge in [0.1, 0.15) is 5.52 Å². The second kappa shape index (κ2) is 10.9. The summed E-state index contributed by atoms with van der Waals surface area (Å²) in [6, 6.07) is 15.5. The lowest BCUT2D eigenvalue weighted by Gasteiger charge is -2.26. The highest BCUT2D eigenvalue weighted by Gasteiger charge is 2.19. The van der Waals surface area contributed by atoms with Gasteiger partial charge in [-0.1, -0.05) is 50.2 Å². The van der Waals surface area contributed by atoms with Crippen LogP contribution in [0.1, 0.15) is 55.1 Å². The van der Waals surface area contributed by atoms with Crippen LogP contribution in [0.5, 0.6) is 0 Å². The molecule has 0 atom stereocenters. The first-order valence-electron chi connectivity index (χ1n) is 12.2. The van der Waals surface area contributed by atoms with Gasteiger partial charge in [0.15, 0.2) is 11.5 Å². The number of nitrogens with one attached hydrogen (secondary N) is 1. The third-order valence-corrected chi connectivity index (χ3v) is 6.30. The zero-order chi connectivity index (χ0) is 25.8. The predicted molar refractivity (Wildman–Crippen MR) is 141 cm³/mol. The van der Waals surface area contributed by atoms with Crippen LogP contribution in [0.2, 0.25) is 0 Å². The number of rotatable bonds is 9. The summed E-state index contributed by atoms with van der Waals surface area (Å²) in [5.41, 5.74) is 4.50. The van der Waals surface area contributed by atoms with Gasteiger partial charge in [-0.25, -0.2) is 14.8 Å². The van der Waals surface area contributed by atoms with Crippen molar-refractivity contribution in [3.05, 3.63) is 81.9 Å². The number of aromatic amines is 1. The highest BCUT2D eigenvalue weighted by Crippen LogP contribution is 2.27. The summed E-state index contributed by atoms with van der Waals surface area (Å²) in [6.07, 6.45) is 1.66. The van der Waals surface area contributed by atoms with Crippen molar-refractivity contribution in [2.45, 2.75) is 46.2 Å². The van der Waals surface area contributed by atoms with E-state index in [2.05, 4.69) is 29.9 Å². The van der Waals surface area contributed by atoms with Gasteiger partial charge in [0.05, 0.1) is 19.3 Å². The van der Waals surface area contributed by atoms with Crippen LogP contribution in [0.25, 0.3) is 22.6 Å².